The first-order valence-electron chi connectivity index (χ1n) is 9.63. The first kappa shape index (κ1) is 17.4. The molecule has 2 aromatic heterocycles. The highest BCUT2D eigenvalue weighted by atomic mass is 16.5. The van der Waals surface area contributed by atoms with Crippen LogP contribution in [0.1, 0.15) is 50.8 Å². The number of nitrogens with zero attached hydrogens (tertiary/aromatic N) is 4. The molecule has 0 spiro atoms. The van der Waals surface area contributed by atoms with Crippen molar-refractivity contribution in [1.82, 2.24) is 20.0 Å². The highest BCUT2D eigenvalue weighted by Gasteiger charge is 2.22. The SMILES string of the molecule is OC1CCCN(Cc2nc(-c3cccnc3OC3CCCCC3)no2)C1. The highest BCUT2D eigenvalue weighted by Crippen LogP contribution is 2.29. The molecule has 26 heavy (non-hydrogen) atoms. The molecule has 7 nitrogen and oxygen atoms in total. The van der Waals surface area contributed by atoms with Gasteiger partial charge in [0, 0.05) is 12.7 Å². The molecule has 1 saturated carbocycles. The lowest BCUT2D eigenvalue weighted by atomic mass is 9.98. The molecule has 0 radical (unpaired) electrons. The molecule has 1 aliphatic carbocycles. The maximum Gasteiger partial charge on any atom is 0.241 e. The molecule has 1 N–H and O–H groups in total. The number of likely N-dealkylation sites (tertiary alicyclic amines) is 1. The van der Waals surface area contributed by atoms with Gasteiger partial charge in [-0.3, -0.25) is 4.90 Å². The van der Waals surface area contributed by atoms with Crippen LogP contribution in [-0.2, 0) is 6.54 Å². The summed E-state index contributed by atoms with van der Waals surface area (Å²) in [6.07, 6.45) is 9.40. The molecule has 2 fully saturated rings. The number of aliphatic hydroxyl groups is 1. The van der Waals surface area contributed by atoms with E-state index in [4.69, 9.17) is 9.26 Å². The average Bonchev–Trinajstić information content (AvgIpc) is 3.11. The molecule has 1 saturated heterocycles. The number of pyridine rings is 1. The van der Waals surface area contributed by atoms with Gasteiger partial charge in [0.15, 0.2) is 0 Å². The molecule has 2 aliphatic rings. The van der Waals surface area contributed by atoms with Crippen LogP contribution in [0.5, 0.6) is 5.88 Å². The molecule has 140 valence electrons. The van der Waals surface area contributed by atoms with Crippen LogP contribution in [0.2, 0.25) is 0 Å². The summed E-state index contributed by atoms with van der Waals surface area (Å²) in [5.41, 5.74) is 0.770. The van der Waals surface area contributed by atoms with Gasteiger partial charge in [-0.15, -0.1) is 0 Å². The van der Waals surface area contributed by atoms with Gasteiger partial charge in [0.1, 0.15) is 6.10 Å². The zero-order valence-electron chi connectivity index (χ0n) is 15.0. The summed E-state index contributed by atoms with van der Waals surface area (Å²) in [5.74, 6) is 1.65. The van der Waals surface area contributed by atoms with Crippen LogP contribution in [0.4, 0.5) is 0 Å². The van der Waals surface area contributed by atoms with Gasteiger partial charge in [-0.2, -0.15) is 4.98 Å². The van der Waals surface area contributed by atoms with E-state index >= 15 is 0 Å². The first-order chi connectivity index (χ1) is 12.8. The van der Waals surface area contributed by atoms with Crippen LogP contribution in [0.25, 0.3) is 11.4 Å². The summed E-state index contributed by atoms with van der Waals surface area (Å²) in [7, 11) is 0. The van der Waals surface area contributed by atoms with Crippen molar-refractivity contribution in [3.05, 3.63) is 24.2 Å². The molecule has 1 aliphatic heterocycles. The lowest BCUT2D eigenvalue weighted by Gasteiger charge is -2.28. The quantitative estimate of drug-likeness (QED) is 0.879. The molecule has 3 heterocycles. The molecule has 7 heteroatoms. The van der Waals surface area contributed by atoms with Gasteiger partial charge in [0.25, 0.3) is 0 Å². The second kappa shape index (κ2) is 8.14. The number of aromatic nitrogens is 3. The molecule has 0 bridgehead atoms. The number of β-amino-alcohol motifs (C(OH)–C–C–N with tert-alkyl or cyclic N) is 1. The number of hydrogen-bond acceptors (Lipinski definition) is 7. The van der Waals surface area contributed by atoms with E-state index in [1.165, 1.54) is 19.3 Å². The van der Waals surface area contributed by atoms with Gasteiger partial charge in [0.05, 0.1) is 18.2 Å². The van der Waals surface area contributed by atoms with E-state index in [2.05, 4.69) is 20.0 Å². The third-order valence-electron chi connectivity index (χ3n) is 5.15. The van der Waals surface area contributed by atoms with Gasteiger partial charge in [-0.1, -0.05) is 11.6 Å². The molecule has 4 rings (SSSR count). The first-order valence-corrected chi connectivity index (χ1v) is 9.63. The standard InChI is InChI=1S/C19H26N4O3/c24-14-6-5-11-23(12-14)13-17-21-18(22-26-17)16-9-4-10-20-19(16)25-15-7-2-1-3-8-15/h4,9-10,14-15,24H,1-3,5-8,11-13H2. The predicted octanol–water partition coefficient (Wildman–Crippen LogP) is 2.80. The number of ether oxygens (including phenoxy) is 1. The third kappa shape index (κ3) is 4.22. The van der Waals surface area contributed by atoms with Crippen molar-refractivity contribution in [2.75, 3.05) is 13.1 Å². The van der Waals surface area contributed by atoms with Crippen LogP contribution < -0.4 is 4.74 Å². The number of piperidine rings is 1. The maximum atomic E-state index is 9.80. The van der Waals surface area contributed by atoms with E-state index < -0.39 is 0 Å². The van der Waals surface area contributed by atoms with Crippen LogP contribution in [0.3, 0.4) is 0 Å². The Bertz CT molecular complexity index is 714. The van der Waals surface area contributed by atoms with E-state index in [9.17, 15) is 5.11 Å². The van der Waals surface area contributed by atoms with E-state index in [1.54, 1.807) is 6.20 Å². The molecule has 0 amide bonds. The normalized spacial score (nSPS) is 22.4. The Hall–Kier alpha value is -1.99. The number of aliphatic hydroxyl groups excluding tert-OH is 1. The van der Waals surface area contributed by atoms with E-state index in [-0.39, 0.29) is 12.2 Å². The third-order valence-corrected chi connectivity index (χ3v) is 5.15. The fourth-order valence-corrected chi connectivity index (χ4v) is 3.79. The molecular formula is C19H26N4O3. The van der Waals surface area contributed by atoms with E-state index in [0.717, 1.165) is 37.8 Å². The van der Waals surface area contributed by atoms with Crippen molar-refractivity contribution in [2.45, 2.75) is 63.7 Å². The molecule has 2 aromatic rings. The van der Waals surface area contributed by atoms with Gasteiger partial charge >= 0.3 is 0 Å². The Labute approximate surface area is 153 Å². The van der Waals surface area contributed by atoms with Gasteiger partial charge in [0.2, 0.25) is 17.6 Å². The van der Waals surface area contributed by atoms with Crippen LogP contribution in [-0.4, -0.2) is 50.4 Å². The Kier molecular flexibility index (Phi) is 5.45. The van der Waals surface area contributed by atoms with E-state index in [0.29, 0.717) is 30.7 Å². The Balaban J connectivity index is 1.46. The van der Waals surface area contributed by atoms with Crippen LogP contribution in [0, 0.1) is 0 Å². The number of hydrogen-bond donors (Lipinski definition) is 1. The van der Waals surface area contributed by atoms with E-state index in [1.807, 2.05) is 12.1 Å². The van der Waals surface area contributed by atoms with Crippen molar-refractivity contribution in [3.8, 4) is 17.3 Å². The zero-order chi connectivity index (χ0) is 17.8. The average molecular weight is 358 g/mol. The van der Waals surface area contributed by atoms with Crippen LogP contribution >= 0.6 is 0 Å². The van der Waals surface area contributed by atoms with Crippen molar-refractivity contribution in [2.24, 2.45) is 0 Å². The van der Waals surface area contributed by atoms with Crippen molar-refractivity contribution in [3.63, 3.8) is 0 Å². The minimum atomic E-state index is -0.264. The minimum Gasteiger partial charge on any atom is -0.474 e. The van der Waals surface area contributed by atoms with Crippen molar-refractivity contribution < 1.29 is 14.4 Å². The Morgan fingerprint density at radius 2 is 2.08 bits per heavy atom. The predicted molar refractivity (Wildman–Crippen MR) is 95.5 cm³/mol. The van der Waals surface area contributed by atoms with Crippen molar-refractivity contribution in [1.29, 1.82) is 0 Å². The Morgan fingerprint density at radius 1 is 1.19 bits per heavy atom. The monoisotopic (exact) mass is 358 g/mol. The highest BCUT2D eigenvalue weighted by molar-refractivity contribution is 5.60. The second-order valence-electron chi connectivity index (χ2n) is 7.28. The zero-order valence-corrected chi connectivity index (χ0v) is 15.0. The summed E-state index contributed by atoms with van der Waals surface area (Å²) < 4.78 is 11.6. The van der Waals surface area contributed by atoms with Gasteiger partial charge in [-0.25, -0.2) is 4.98 Å². The lowest BCUT2D eigenvalue weighted by Crippen LogP contribution is -2.37. The van der Waals surface area contributed by atoms with Gasteiger partial charge in [-0.05, 0) is 57.2 Å². The minimum absolute atomic E-state index is 0.221. The summed E-state index contributed by atoms with van der Waals surface area (Å²) in [4.78, 5) is 11.1. The molecule has 1 unspecified atom stereocenters. The fourth-order valence-electron chi connectivity index (χ4n) is 3.79. The largest absolute Gasteiger partial charge is 0.474 e. The summed E-state index contributed by atoms with van der Waals surface area (Å²) in [6.45, 7) is 2.15. The number of rotatable bonds is 5. The lowest BCUT2D eigenvalue weighted by molar-refractivity contribution is 0.0613. The van der Waals surface area contributed by atoms with Crippen molar-refractivity contribution >= 4 is 0 Å². The summed E-state index contributed by atoms with van der Waals surface area (Å²) in [5, 5.41) is 13.9. The molecular weight excluding hydrogens is 332 g/mol. The topological polar surface area (TPSA) is 84.5 Å². The summed E-state index contributed by atoms with van der Waals surface area (Å²) in [6, 6.07) is 3.78. The maximum absolute atomic E-state index is 9.80. The fraction of sp³-hybridized carbons (Fsp3) is 0.632. The van der Waals surface area contributed by atoms with Crippen LogP contribution in [0.15, 0.2) is 22.9 Å². The molecule has 1 atom stereocenters. The smallest absolute Gasteiger partial charge is 0.241 e. The van der Waals surface area contributed by atoms with Gasteiger partial charge < -0.3 is 14.4 Å². The Morgan fingerprint density at radius 3 is 2.92 bits per heavy atom. The molecule has 0 aromatic carbocycles. The summed E-state index contributed by atoms with van der Waals surface area (Å²) >= 11 is 0. The second-order valence-corrected chi connectivity index (χ2v) is 7.28.